The van der Waals surface area contributed by atoms with Gasteiger partial charge in [0.1, 0.15) is 17.8 Å². The molecular formula is C19H18F3N5O. The minimum absolute atomic E-state index is 0.157. The van der Waals surface area contributed by atoms with E-state index in [2.05, 4.69) is 25.3 Å². The first-order valence-corrected chi connectivity index (χ1v) is 9.31. The first kappa shape index (κ1) is 17.5. The molecule has 0 saturated carbocycles. The fraction of sp³-hybridized carbons (Fsp3) is 0.474. The monoisotopic (exact) mass is 389 g/mol. The van der Waals surface area contributed by atoms with E-state index in [1.54, 1.807) is 6.20 Å². The predicted molar refractivity (Wildman–Crippen MR) is 95.2 cm³/mol. The molecule has 6 nitrogen and oxygen atoms in total. The minimum Gasteiger partial charge on any atom is -0.375 e. The van der Waals surface area contributed by atoms with Crippen LogP contribution in [0.25, 0.3) is 0 Å². The fourth-order valence-electron chi connectivity index (χ4n) is 4.27. The molecule has 2 aromatic heterocycles. The van der Waals surface area contributed by atoms with Crippen molar-refractivity contribution in [3.8, 4) is 0 Å². The molecule has 2 unspecified atom stereocenters. The second kappa shape index (κ2) is 6.51. The summed E-state index contributed by atoms with van der Waals surface area (Å²) in [6.45, 7) is 0.395. The molecule has 2 fully saturated rings. The maximum atomic E-state index is 13.1. The van der Waals surface area contributed by atoms with Gasteiger partial charge in [0.2, 0.25) is 0 Å². The van der Waals surface area contributed by atoms with Crippen LogP contribution in [-0.2, 0) is 17.5 Å². The van der Waals surface area contributed by atoms with Crippen LogP contribution >= 0.6 is 0 Å². The molecule has 28 heavy (non-hydrogen) atoms. The number of fused-ring (bicyclic) bond motifs is 3. The van der Waals surface area contributed by atoms with Crippen molar-refractivity contribution in [2.24, 2.45) is 4.99 Å². The van der Waals surface area contributed by atoms with Crippen LogP contribution in [0, 0.1) is 0 Å². The lowest BCUT2D eigenvalue weighted by Gasteiger charge is -2.30. The van der Waals surface area contributed by atoms with Gasteiger partial charge in [0.05, 0.1) is 30.2 Å². The first-order chi connectivity index (χ1) is 13.5. The van der Waals surface area contributed by atoms with Gasteiger partial charge in [0, 0.05) is 17.8 Å². The average Bonchev–Trinajstić information content (AvgIpc) is 3.25. The SMILES string of the molecule is FC(F)(F)c1cc(C2=NCc3ccnc(NC4CC5CCC(C4)O5)c32)ncn1. The molecule has 0 aromatic carbocycles. The molecule has 3 aliphatic rings. The number of anilines is 1. The number of hydrogen-bond donors (Lipinski definition) is 1. The van der Waals surface area contributed by atoms with Gasteiger partial charge in [-0.05, 0) is 43.4 Å². The van der Waals surface area contributed by atoms with E-state index in [4.69, 9.17) is 4.74 Å². The van der Waals surface area contributed by atoms with Crippen molar-refractivity contribution in [1.29, 1.82) is 0 Å². The highest BCUT2D eigenvalue weighted by molar-refractivity contribution is 6.16. The van der Waals surface area contributed by atoms with E-state index in [0.29, 0.717) is 18.1 Å². The molecule has 3 aliphatic heterocycles. The minimum atomic E-state index is -4.53. The third-order valence-corrected chi connectivity index (χ3v) is 5.51. The highest BCUT2D eigenvalue weighted by atomic mass is 19.4. The van der Waals surface area contributed by atoms with E-state index < -0.39 is 11.9 Å². The Bertz CT molecular complexity index is 933. The second-order valence-corrected chi connectivity index (χ2v) is 7.41. The van der Waals surface area contributed by atoms with Crippen molar-refractivity contribution < 1.29 is 17.9 Å². The third kappa shape index (κ3) is 3.13. The largest absolute Gasteiger partial charge is 0.433 e. The molecule has 0 radical (unpaired) electrons. The summed E-state index contributed by atoms with van der Waals surface area (Å²) in [6.07, 6.45) is 2.62. The number of aromatic nitrogens is 3. The number of pyridine rings is 1. The standard InChI is InChI=1S/C19H18F3N5O/c20-19(21,22)15-7-14(25-9-26-15)17-16-10(8-24-17)3-4-23-18(16)27-11-5-12-1-2-13(6-11)28-12/h3-4,7,9,11-13H,1-2,5-6,8H2,(H,23,27). The molecule has 2 atom stereocenters. The van der Waals surface area contributed by atoms with Crippen molar-refractivity contribution in [3.05, 3.63) is 47.2 Å². The lowest BCUT2D eigenvalue weighted by molar-refractivity contribution is -0.141. The number of nitrogens with zero attached hydrogens (tertiary/aromatic N) is 4. The average molecular weight is 389 g/mol. The molecule has 5 rings (SSSR count). The molecular weight excluding hydrogens is 371 g/mol. The number of rotatable bonds is 3. The van der Waals surface area contributed by atoms with Gasteiger partial charge < -0.3 is 10.1 Å². The maximum Gasteiger partial charge on any atom is 0.433 e. The summed E-state index contributed by atoms with van der Waals surface area (Å²) in [5, 5.41) is 3.49. The lowest BCUT2D eigenvalue weighted by Crippen LogP contribution is -2.34. The summed E-state index contributed by atoms with van der Waals surface area (Å²) in [5.41, 5.74) is 1.26. The van der Waals surface area contributed by atoms with Crippen LogP contribution < -0.4 is 5.32 Å². The number of alkyl halides is 3. The van der Waals surface area contributed by atoms with Crippen molar-refractivity contribution >= 4 is 11.5 Å². The quantitative estimate of drug-likeness (QED) is 0.872. The molecule has 146 valence electrons. The van der Waals surface area contributed by atoms with E-state index in [0.717, 1.165) is 49.2 Å². The van der Waals surface area contributed by atoms with Crippen LogP contribution in [-0.4, -0.2) is 38.9 Å². The van der Waals surface area contributed by atoms with Gasteiger partial charge in [0.25, 0.3) is 0 Å². The summed E-state index contributed by atoms with van der Waals surface area (Å²) < 4.78 is 45.0. The van der Waals surface area contributed by atoms with Crippen LogP contribution in [0.3, 0.4) is 0 Å². The summed E-state index contributed by atoms with van der Waals surface area (Å²) in [6, 6.07) is 3.01. The summed E-state index contributed by atoms with van der Waals surface area (Å²) in [4.78, 5) is 16.3. The Morgan fingerprint density at radius 3 is 2.61 bits per heavy atom. The van der Waals surface area contributed by atoms with Crippen molar-refractivity contribution in [1.82, 2.24) is 15.0 Å². The van der Waals surface area contributed by atoms with Gasteiger partial charge in [-0.25, -0.2) is 15.0 Å². The number of halogens is 3. The Hall–Kier alpha value is -2.55. The first-order valence-electron chi connectivity index (χ1n) is 9.31. The maximum absolute atomic E-state index is 13.1. The molecule has 0 spiro atoms. The number of ether oxygens (including phenoxy) is 1. The highest BCUT2D eigenvalue weighted by Crippen LogP contribution is 2.35. The Balaban J connectivity index is 1.47. The number of hydrogen-bond acceptors (Lipinski definition) is 6. The van der Waals surface area contributed by atoms with E-state index >= 15 is 0 Å². The third-order valence-electron chi connectivity index (χ3n) is 5.51. The molecule has 5 heterocycles. The van der Waals surface area contributed by atoms with Gasteiger partial charge >= 0.3 is 6.18 Å². The molecule has 2 saturated heterocycles. The van der Waals surface area contributed by atoms with Crippen LogP contribution in [0.4, 0.5) is 19.0 Å². The zero-order chi connectivity index (χ0) is 19.3. The molecule has 9 heteroatoms. The smallest absolute Gasteiger partial charge is 0.375 e. The summed E-state index contributed by atoms with van der Waals surface area (Å²) in [7, 11) is 0. The number of nitrogens with one attached hydrogen (secondary N) is 1. The van der Waals surface area contributed by atoms with Gasteiger partial charge in [-0.2, -0.15) is 13.2 Å². The van der Waals surface area contributed by atoms with E-state index in [-0.39, 0.29) is 23.9 Å². The normalized spacial score (nSPS) is 26.1. The zero-order valence-electron chi connectivity index (χ0n) is 14.9. The molecule has 2 bridgehead atoms. The second-order valence-electron chi connectivity index (χ2n) is 7.41. The summed E-state index contributed by atoms with van der Waals surface area (Å²) >= 11 is 0. The Labute approximate surface area is 159 Å². The Morgan fingerprint density at radius 1 is 1.07 bits per heavy atom. The van der Waals surface area contributed by atoms with E-state index in [1.165, 1.54) is 0 Å². The van der Waals surface area contributed by atoms with Crippen LogP contribution in [0.2, 0.25) is 0 Å². The van der Waals surface area contributed by atoms with Crippen molar-refractivity contribution in [2.75, 3.05) is 5.32 Å². The molecule has 0 amide bonds. The zero-order valence-corrected chi connectivity index (χ0v) is 14.9. The van der Waals surface area contributed by atoms with E-state index in [1.807, 2.05) is 6.07 Å². The molecule has 0 aliphatic carbocycles. The van der Waals surface area contributed by atoms with Crippen molar-refractivity contribution in [2.45, 2.75) is 56.7 Å². The van der Waals surface area contributed by atoms with Crippen LogP contribution in [0.1, 0.15) is 48.2 Å². The van der Waals surface area contributed by atoms with Gasteiger partial charge in [-0.3, -0.25) is 4.99 Å². The van der Waals surface area contributed by atoms with E-state index in [9.17, 15) is 13.2 Å². The van der Waals surface area contributed by atoms with Gasteiger partial charge in [-0.1, -0.05) is 0 Å². The lowest BCUT2D eigenvalue weighted by atomic mass is 10.0. The molecule has 2 aromatic rings. The molecule has 1 N–H and O–H groups in total. The van der Waals surface area contributed by atoms with Gasteiger partial charge in [-0.15, -0.1) is 0 Å². The van der Waals surface area contributed by atoms with Gasteiger partial charge in [0.15, 0.2) is 0 Å². The topological polar surface area (TPSA) is 72.3 Å². The van der Waals surface area contributed by atoms with Crippen LogP contribution in [0.5, 0.6) is 0 Å². The van der Waals surface area contributed by atoms with Crippen LogP contribution in [0.15, 0.2) is 29.6 Å². The van der Waals surface area contributed by atoms with Crippen molar-refractivity contribution in [3.63, 3.8) is 0 Å². The summed E-state index contributed by atoms with van der Waals surface area (Å²) in [5.74, 6) is 0.646. The number of aliphatic imine (C=N–C) groups is 1. The predicted octanol–water partition coefficient (Wildman–Crippen LogP) is 3.36. The fourth-order valence-corrected chi connectivity index (χ4v) is 4.27. The highest BCUT2D eigenvalue weighted by Gasteiger charge is 2.36. The Morgan fingerprint density at radius 2 is 1.86 bits per heavy atom. The Kier molecular flexibility index (Phi) is 4.08.